The lowest BCUT2D eigenvalue weighted by Crippen LogP contribution is -2.26. The Labute approximate surface area is 187 Å². The van der Waals surface area contributed by atoms with Crippen LogP contribution in [-0.4, -0.2) is 16.3 Å². The van der Waals surface area contributed by atoms with Gasteiger partial charge in [-0.1, -0.05) is 36.4 Å². The molecule has 1 heterocycles. The van der Waals surface area contributed by atoms with E-state index in [1.54, 1.807) is 0 Å². The molecule has 0 saturated heterocycles. The van der Waals surface area contributed by atoms with E-state index >= 15 is 0 Å². The highest BCUT2D eigenvalue weighted by Gasteiger charge is 2.31. The molecule has 10 heteroatoms. The van der Waals surface area contributed by atoms with Crippen molar-refractivity contribution in [2.75, 3.05) is 21.5 Å². The van der Waals surface area contributed by atoms with Gasteiger partial charge in [-0.15, -0.1) is 13.2 Å². The predicted octanol–water partition coefficient (Wildman–Crippen LogP) is 5.87. The first-order valence-electron chi connectivity index (χ1n) is 9.79. The number of hydrogen-bond acceptors (Lipinski definition) is 7. The summed E-state index contributed by atoms with van der Waals surface area (Å²) in [5, 5.41) is 4.81. The lowest BCUT2D eigenvalue weighted by molar-refractivity contribution is -0.274. The Morgan fingerprint density at radius 1 is 0.758 bits per heavy atom. The van der Waals surface area contributed by atoms with Crippen molar-refractivity contribution in [1.29, 1.82) is 0 Å². The monoisotopic (exact) mass is 452 g/mol. The summed E-state index contributed by atoms with van der Waals surface area (Å²) in [6.07, 6.45) is -3.42. The van der Waals surface area contributed by atoms with Crippen molar-refractivity contribution in [3.05, 3.63) is 91.3 Å². The summed E-state index contributed by atoms with van der Waals surface area (Å²) in [6, 6.07) is 24.4. The summed E-state index contributed by atoms with van der Waals surface area (Å²) < 4.78 is 40.9. The van der Waals surface area contributed by atoms with E-state index < -0.39 is 6.36 Å². The maximum atomic E-state index is 12.4. The van der Waals surface area contributed by atoms with Gasteiger partial charge < -0.3 is 15.8 Å². The van der Waals surface area contributed by atoms with Crippen molar-refractivity contribution in [2.45, 2.75) is 6.36 Å². The van der Waals surface area contributed by atoms with Crippen molar-refractivity contribution in [3.63, 3.8) is 0 Å². The van der Waals surface area contributed by atoms with E-state index in [4.69, 9.17) is 5.73 Å². The first-order chi connectivity index (χ1) is 15.9. The number of hydrogen-bond donors (Lipinski definition) is 3. The number of nitrogens with zero attached hydrogens (tertiary/aromatic N) is 3. The molecular weight excluding hydrogens is 433 g/mol. The average molecular weight is 452 g/mol. The number of rotatable bonds is 7. The van der Waals surface area contributed by atoms with Gasteiger partial charge in [-0.05, 0) is 48.5 Å². The van der Waals surface area contributed by atoms with Crippen LogP contribution in [0.3, 0.4) is 0 Å². The van der Waals surface area contributed by atoms with Crippen LogP contribution >= 0.6 is 0 Å². The minimum Gasteiger partial charge on any atom is -0.406 e. The number of nitrogens with one attached hydrogen (secondary N) is 2. The number of ether oxygens (including phenoxy) is 1. The minimum atomic E-state index is -4.75. The maximum absolute atomic E-state index is 12.4. The van der Waals surface area contributed by atoms with Crippen molar-refractivity contribution in [1.82, 2.24) is 9.97 Å². The van der Waals surface area contributed by atoms with Gasteiger partial charge in [-0.3, -0.25) is 10.4 Å². The Morgan fingerprint density at radius 2 is 1.30 bits per heavy atom. The summed E-state index contributed by atoms with van der Waals surface area (Å²) in [5.74, 6) is 0.308. The first kappa shape index (κ1) is 21.8. The second kappa shape index (κ2) is 9.35. The van der Waals surface area contributed by atoms with Crippen LogP contribution in [0, 0.1) is 0 Å². The zero-order valence-electron chi connectivity index (χ0n) is 17.1. The Balaban J connectivity index is 1.57. The van der Waals surface area contributed by atoms with Crippen LogP contribution in [-0.2, 0) is 0 Å². The van der Waals surface area contributed by atoms with Gasteiger partial charge in [-0.25, -0.2) is 9.97 Å². The lowest BCUT2D eigenvalue weighted by Gasteiger charge is -2.26. The van der Waals surface area contributed by atoms with E-state index in [-0.39, 0.29) is 17.3 Å². The molecule has 0 saturated carbocycles. The molecule has 0 spiro atoms. The third-order valence-electron chi connectivity index (χ3n) is 4.48. The Bertz CT molecular complexity index is 1150. The van der Waals surface area contributed by atoms with Crippen molar-refractivity contribution in [2.24, 2.45) is 0 Å². The highest BCUT2D eigenvalue weighted by atomic mass is 19.4. The van der Waals surface area contributed by atoms with Crippen LogP contribution in [0.1, 0.15) is 0 Å². The van der Waals surface area contributed by atoms with Gasteiger partial charge in [0.05, 0.1) is 11.4 Å². The molecule has 0 aliphatic heterocycles. The predicted molar refractivity (Wildman–Crippen MR) is 121 cm³/mol. The molecule has 0 aliphatic rings. The SMILES string of the molecule is Nc1c(Nc2ccc(OC(F)(F)F)cc2)ncnc1NN(c1ccccc1)c1ccccc1. The zero-order chi connectivity index (χ0) is 23.3. The second-order valence-electron chi connectivity index (χ2n) is 6.80. The molecule has 0 bridgehead atoms. The Morgan fingerprint density at radius 3 is 1.85 bits per heavy atom. The van der Waals surface area contributed by atoms with E-state index in [9.17, 15) is 13.2 Å². The van der Waals surface area contributed by atoms with Gasteiger partial charge in [0.15, 0.2) is 11.6 Å². The van der Waals surface area contributed by atoms with Crippen LogP contribution in [0.15, 0.2) is 91.3 Å². The van der Waals surface area contributed by atoms with E-state index in [0.717, 1.165) is 11.4 Å². The number of anilines is 6. The molecule has 7 nitrogen and oxygen atoms in total. The van der Waals surface area contributed by atoms with Crippen LogP contribution < -0.4 is 26.2 Å². The molecule has 0 radical (unpaired) electrons. The Hall–Kier alpha value is -4.47. The van der Waals surface area contributed by atoms with Crippen molar-refractivity contribution in [3.8, 4) is 5.75 Å². The number of nitrogens with two attached hydrogens (primary N) is 1. The van der Waals surface area contributed by atoms with E-state index in [1.807, 2.05) is 65.7 Å². The molecule has 4 aromatic rings. The molecule has 33 heavy (non-hydrogen) atoms. The van der Waals surface area contributed by atoms with Crippen molar-refractivity contribution >= 4 is 34.4 Å². The number of alkyl halides is 3. The molecule has 3 aromatic carbocycles. The largest absolute Gasteiger partial charge is 0.573 e. The highest BCUT2D eigenvalue weighted by Crippen LogP contribution is 2.31. The van der Waals surface area contributed by atoms with Crippen LogP contribution in [0.4, 0.5) is 47.6 Å². The van der Waals surface area contributed by atoms with Gasteiger partial charge in [-0.2, -0.15) is 0 Å². The average Bonchev–Trinajstić information content (AvgIpc) is 2.81. The fraction of sp³-hybridized carbons (Fsp3) is 0.0435. The second-order valence-corrected chi connectivity index (χ2v) is 6.80. The summed E-state index contributed by atoms with van der Waals surface area (Å²) in [4.78, 5) is 8.40. The normalized spacial score (nSPS) is 11.0. The van der Waals surface area contributed by atoms with Crippen molar-refractivity contribution < 1.29 is 17.9 Å². The number of para-hydroxylation sites is 2. The molecule has 0 unspecified atom stereocenters. The lowest BCUT2D eigenvalue weighted by atomic mass is 10.2. The summed E-state index contributed by atoms with van der Waals surface area (Å²) >= 11 is 0. The van der Waals surface area contributed by atoms with E-state index in [2.05, 4.69) is 25.4 Å². The smallest absolute Gasteiger partial charge is 0.406 e. The number of halogens is 3. The van der Waals surface area contributed by atoms with Crippen LogP contribution in [0.25, 0.3) is 0 Å². The molecule has 0 fully saturated rings. The molecule has 4 N–H and O–H groups in total. The number of aromatic nitrogens is 2. The summed E-state index contributed by atoms with van der Waals surface area (Å²) in [5.41, 5.74) is 11.9. The van der Waals surface area contributed by atoms with E-state index in [1.165, 1.54) is 30.6 Å². The third kappa shape index (κ3) is 5.62. The number of hydrazine groups is 1. The molecule has 4 rings (SSSR count). The fourth-order valence-electron chi connectivity index (χ4n) is 3.00. The first-order valence-corrected chi connectivity index (χ1v) is 9.79. The topological polar surface area (TPSA) is 88.3 Å². The minimum absolute atomic E-state index is 0.227. The summed E-state index contributed by atoms with van der Waals surface area (Å²) in [7, 11) is 0. The quantitative estimate of drug-likeness (QED) is 0.302. The van der Waals surface area contributed by atoms with Crippen LogP contribution in [0.2, 0.25) is 0 Å². The fourth-order valence-corrected chi connectivity index (χ4v) is 3.00. The molecule has 1 aromatic heterocycles. The maximum Gasteiger partial charge on any atom is 0.573 e. The summed E-state index contributed by atoms with van der Waals surface area (Å²) in [6.45, 7) is 0. The van der Waals surface area contributed by atoms with Gasteiger partial charge in [0, 0.05) is 5.69 Å². The molecule has 0 amide bonds. The van der Waals surface area contributed by atoms with E-state index in [0.29, 0.717) is 11.5 Å². The number of benzene rings is 3. The third-order valence-corrected chi connectivity index (χ3v) is 4.48. The molecule has 0 aliphatic carbocycles. The molecular formula is C23H19F3N6O. The van der Waals surface area contributed by atoms with Gasteiger partial charge in [0.1, 0.15) is 17.8 Å². The molecule has 168 valence electrons. The standard InChI is InChI=1S/C23H19F3N6O/c24-23(25,26)33-19-13-11-16(12-14-19)30-21-20(27)22(29-15-28-21)31-32(17-7-3-1-4-8-17)18-9-5-2-6-10-18/h1-15H,27H2,(H2,28,29,30,31). The molecule has 0 atom stereocenters. The Kier molecular flexibility index (Phi) is 6.16. The van der Waals surface area contributed by atoms with Crippen LogP contribution in [0.5, 0.6) is 5.75 Å². The van der Waals surface area contributed by atoms with Gasteiger partial charge in [0.25, 0.3) is 0 Å². The van der Waals surface area contributed by atoms with Gasteiger partial charge >= 0.3 is 6.36 Å². The highest BCUT2D eigenvalue weighted by molar-refractivity contribution is 5.80. The number of nitrogen functional groups attached to an aromatic ring is 1. The van der Waals surface area contributed by atoms with Gasteiger partial charge in [0.2, 0.25) is 0 Å². The zero-order valence-corrected chi connectivity index (χ0v) is 17.1.